The van der Waals surface area contributed by atoms with Crippen LogP contribution >= 0.6 is 11.6 Å². The van der Waals surface area contributed by atoms with E-state index in [1.165, 1.54) is 0 Å². The smallest absolute Gasteiger partial charge is 0.255 e. The highest BCUT2D eigenvalue weighted by molar-refractivity contribution is 6.30. The maximum atomic E-state index is 12.6. The van der Waals surface area contributed by atoms with Crippen LogP contribution in [0, 0.1) is 12.8 Å². The summed E-state index contributed by atoms with van der Waals surface area (Å²) >= 11 is 5.97. The lowest BCUT2D eigenvalue weighted by molar-refractivity contribution is 0.0949. The maximum absolute atomic E-state index is 12.6. The van der Waals surface area contributed by atoms with Crippen molar-refractivity contribution in [2.24, 2.45) is 5.92 Å². The minimum Gasteiger partial charge on any atom is -0.349 e. The van der Waals surface area contributed by atoms with Crippen molar-refractivity contribution in [3.05, 3.63) is 46.2 Å². The van der Waals surface area contributed by atoms with E-state index in [1.807, 2.05) is 35.9 Å². The minimum absolute atomic E-state index is 0.000800. The Morgan fingerprint density at radius 1 is 1.35 bits per heavy atom. The van der Waals surface area contributed by atoms with Gasteiger partial charge in [0.2, 0.25) is 0 Å². The molecule has 1 aromatic heterocycles. The van der Waals surface area contributed by atoms with Crippen molar-refractivity contribution in [1.82, 2.24) is 15.1 Å². The molecule has 0 unspecified atom stereocenters. The lowest BCUT2D eigenvalue weighted by Gasteiger charge is -2.07. The van der Waals surface area contributed by atoms with E-state index in [0.717, 1.165) is 41.9 Å². The highest BCUT2D eigenvalue weighted by Gasteiger charge is 2.28. The van der Waals surface area contributed by atoms with Gasteiger partial charge >= 0.3 is 0 Å². The highest BCUT2D eigenvalue weighted by Crippen LogP contribution is 2.24. The summed E-state index contributed by atoms with van der Waals surface area (Å²) in [5.41, 5.74) is 3.38. The van der Waals surface area contributed by atoms with Gasteiger partial charge in [-0.3, -0.25) is 4.79 Å². The molecule has 3 rings (SSSR count). The van der Waals surface area contributed by atoms with Gasteiger partial charge in [0, 0.05) is 11.1 Å². The van der Waals surface area contributed by atoms with Crippen LogP contribution < -0.4 is 5.32 Å². The van der Waals surface area contributed by atoms with Gasteiger partial charge in [0.15, 0.2) is 0 Å². The lowest BCUT2D eigenvalue weighted by atomic mass is 10.0. The zero-order valence-corrected chi connectivity index (χ0v) is 14.5. The van der Waals surface area contributed by atoms with Crippen molar-refractivity contribution in [1.29, 1.82) is 0 Å². The predicted molar refractivity (Wildman–Crippen MR) is 92.3 cm³/mol. The fourth-order valence-corrected chi connectivity index (χ4v) is 2.83. The second-order valence-electron chi connectivity index (χ2n) is 6.64. The van der Waals surface area contributed by atoms with Crippen LogP contribution in [-0.2, 0) is 6.42 Å². The van der Waals surface area contributed by atoms with Gasteiger partial charge in [0.05, 0.1) is 22.6 Å². The summed E-state index contributed by atoms with van der Waals surface area (Å²) in [5.74, 6) is 0.441. The molecule has 1 N–H and O–H groups in total. The van der Waals surface area contributed by atoms with Crippen LogP contribution in [0.15, 0.2) is 24.3 Å². The Labute approximate surface area is 141 Å². The summed E-state index contributed by atoms with van der Waals surface area (Å²) in [4.78, 5) is 12.6. The summed E-state index contributed by atoms with van der Waals surface area (Å²) in [5, 5.41) is 8.48. The Hall–Kier alpha value is -1.81. The monoisotopic (exact) mass is 331 g/mol. The number of nitrogens with one attached hydrogen (secondary N) is 1. The van der Waals surface area contributed by atoms with Gasteiger partial charge < -0.3 is 5.32 Å². The number of carbonyl (C=O) groups is 1. The van der Waals surface area contributed by atoms with Gasteiger partial charge in [-0.2, -0.15) is 5.10 Å². The SMILES string of the molecule is Cc1c(C(=O)NC2CC2)c(CC(C)C)nn1-c1ccc(Cl)cc1. The number of hydrogen-bond donors (Lipinski definition) is 1. The quantitative estimate of drug-likeness (QED) is 0.902. The number of rotatable bonds is 5. The molecule has 2 aromatic rings. The van der Waals surface area contributed by atoms with Gasteiger partial charge in [-0.05, 0) is 56.4 Å². The Balaban J connectivity index is 2.01. The van der Waals surface area contributed by atoms with Crippen molar-refractivity contribution in [2.45, 2.75) is 46.1 Å². The summed E-state index contributed by atoms with van der Waals surface area (Å²) in [6.45, 7) is 6.23. The molecule has 0 atom stereocenters. The van der Waals surface area contributed by atoms with Gasteiger partial charge in [0.1, 0.15) is 0 Å². The summed E-state index contributed by atoms with van der Waals surface area (Å²) in [6, 6.07) is 7.86. The van der Waals surface area contributed by atoms with E-state index in [0.29, 0.717) is 17.0 Å². The van der Waals surface area contributed by atoms with Crippen molar-refractivity contribution in [2.75, 3.05) is 0 Å². The Kier molecular flexibility index (Phi) is 4.44. The minimum atomic E-state index is 0.000800. The van der Waals surface area contributed by atoms with E-state index in [2.05, 4.69) is 19.2 Å². The molecular formula is C18H22ClN3O. The van der Waals surface area contributed by atoms with E-state index in [9.17, 15) is 4.79 Å². The maximum Gasteiger partial charge on any atom is 0.255 e. The van der Waals surface area contributed by atoms with E-state index in [1.54, 1.807) is 0 Å². The van der Waals surface area contributed by atoms with E-state index >= 15 is 0 Å². The summed E-state index contributed by atoms with van der Waals surface area (Å²) in [6.07, 6.45) is 2.94. The van der Waals surface area contributed by atoms with Crippen LogP contribution in [0.4, 0.5) is 0 Å². The van der Waals surface area contributed by atoms with Crippen molar-refractivity contribution in [3.63, 3.8) is 0 Å². The number of hydrogen-bond acceptors (Lipinski definition) is 2. The molecule has 1 aliphatic rings. The third-order valence-corrected chi connectivity index (χ3v) is 4.25. The van der Waals surface area contributed by atoms with Crippen LogP contribution in [-0.4, -0.2) is 21.7 Å². The summed E-state index contributed by atoms with van der Waals surface area (Å²) < 4.78 is 1.84. The third kappa shape index (κ3) is 3.58. The van der Waals surface area contributed by atoms with Crippen LogP contribution in [0.5, 0.6) is 0 Å². The first-order chi connectivity index (χ1) is 11.0. The number of carbonyl (C=O) groups excluding carboxylic acids is 1. The first-order valence-corrected chi connectivity index (χ1v) is 8.48. The average Bonchev–Trinajstić information content (AvgIpc) is 3.23. The number of halogens is 1. The normalized spacial score (nSPS) is 14.3. The molecule has 1 aromatic carbocycles. The van der Waals surface area contributed by atoms with Gasteiger partial charge in [-0.15, -0.1) is 0 Å². The van der Waals surface area contributed by atoms with Gasteiger partial charge in [-0.1, -0.05) is 25.4 Å². The topological polar surface area (TPSA) is 46.9 Å². The molecule has 122 valence electrons. The van der Waals surface area contributed by atoms with Crippen molar-refractivity contribution < 1.29 is 4.79 Å². The number of benzene rings is 1. The van der Waals surface area contributed by atoms with Crippen LogP contribution in [0.1, 0.15) is 48.4 Å². The first-order valence-electron chi connectivity index (χ1n) is 8.11. The molecule has 23 heavy (non-hydrogen) atoms. The molecule has 1 aliphatic carbocycles. The Morgan fingerprint density at radius 2 is 2.00 bits per heavy atom. The number of aromatic nitrogens is 2. The van der Waals surface area contributed by atoms with E-state index < -0.39 is 0 Å². The van der Waals surface area contributed by atoms with Crippen LogP contribution in [0.3, 0.4) is 0 Å². The van der Waals surface area contributed by atoms with Gasteiger partial charge in [0.25, 0.3) is 5.91 Å². The average molecular weight is 332 g/mol. The summed E-state index contributed by atoms with van der Waals surface area (Å²) in [7, 11) is 0. The fraction of sp³-hybridized carbons (Fsp3) is 0.444. The first kappa shape index (κ1) is 16.1. The van der Waals surface area contributed by atoms with Crippen LogP contribution in [0.25, 0.3) is 5.69 Å². The molecule has 1 fully saturated rings. The lowest BCUT2D eigenvalue weighted by Crippen LogP contribution is -2.27. The predicted octanol–water partition coefficient (Wildman–Crippen LogP) is 3.92. The Morgan fingerprint density at radius 3 is 2.57 bits per heavy atom. The number of amides is 1. The molecule has 1 heterocycles. The molecule has 0 aliphatic heterocycles. The fourth-order valence-electron chi connectivity index (χ4n) is 2.70. The molecule has 5 heteroatoms. The third-order valence-electron chi connectivity index (χ3n) is 4.00. The molecule has 1 saturated carbocycles. The zero-order valence-electron chi connectivity index (χ0n) is 13.8. The molecule has 0 spiro atoms. The molecular weight excluding hydrogens is 310 g/mol. The standard InChI is InChI=1S/C18H22ClN3O/c1-11(2)10-16-17(18(23)20-14-6-7-14)12(3)22(21-16)15-8-4-13(19)5-9-15/h4-5,8-9,11,14H,6-7,10H2,1-3H3,(H,20,23). The molecule has 4 nitrogen and oxygen atoms in total. The van der Waals surface area contributed by atoms with Crippen molar-refractivity contribution in [3.8, 4) is 5.69 Å². The van der Waals surface area contributed by atoms with E-state index in [4.69, 9.17) is 16.7 Å². The molecule has 1 amide bonds. The highest BCUT2D eigenvalue weighted by atomic mass is 35.5. The second-order valence-corrected chi connectivity index (χ2v) is 7.08. The van der Waals surface area contributed by atoms with Gasteiger partial charge in [-0.25, -0.2) is 4.68 Å². The van der Waals surface area contributed by atoms with Crippen molar-refractivity contribution >= 4 is 17.5 Å². The molecule has 0 saturated heterocycles. The van der Waals surface area contributed by atoms with E-state index in [-0.39, 0.29) is 5.91 Å². The Bertz CT molecular complexity index is 715. The molecule has 0 radical (unpaired) electrons. The largest absolute Gasteiger partial charge is 0.349 e. The number of nitrogens with zero attached hydrogens (tertiary/aromatic N) is 2. The van der Waals surface area contributed by atoms with Crippen LogP contribution in [0.2, 0.25) is 5.02 Å². The zero-order chi connectivity index (χ0) is 16.6. The second kappa shape index (κ2) is 6.36. The molecule has 0 bridgehead atoms.